The lowest BCUT2D eigenvalue weighted by Gasteiger charge is -2.25. The molecule has 3 rings (SSSR count). The van der Waals surface area contributed by atoms with Crippen molar-refractivity contribution in [1.82, 2.24) is 10.2 Å². The molecule has 1 unspecified atom stereocenters. The van der Waals surface area contributed by atoms with Crippen LogP contribution in [-0.2, 0) is 4.79 Å². The van der Waals surface area contributed by atoms with Crippen LogP contribution >= 0.6 is 0 Å². The van der Waals surface area contributed by atoms with Crippen molar-refractivity contribution in [2.45, 2.75) is 18.9 Å². The third kappa shape index (κ3) is 3.99. The van der Waals surface area contributed by atoms with Gasteiger partial charge in [-0.1, -0.05) is 36.4 Å². The van der Waals surface area contributed by atoms with E-state index in [4.69, 9.17) is 0 Å². The second kappa shape index (κ2) is 7.83. The van der Waals surface area contributed by atoms with Gasteiger partial charge in [0.25, 0.3) is 5.91 Å². The number of hydrogen-bond acceptors (Lipinski definition) is 3. The van der Waals surface area contributed by atoms with Crippen LogP contribution in [-0.4, -0.2) is 36.9 Å². The van der Waals surface area contributed by atoms with E-state index >= 15 is 0 Å². The summed E-state index contributed by atoms with van der Waals surface area (Å²) in [6, 6.07) is 16.5. The fraction of sp³-hybridized carbons (Fsp3) is 0.300. The SMILES string of the molecule is CNC(=O)c1cccc(NC(C(=O)N2CCCC2)c2ccccc2)c1. The molecule has 0 radical (unpaired) electrons. The molecule has 1 fully saturated rings. The molecule has 1 heterocycles. The summed E-state index contributed by atoms with van der Waals surface area (Å²) in [6.07, 6.45) is 2.11. The Morgan fingerprint density at radius 3 is 2.40 bits per heavy atom. The van der Waals surface area contributed by atoms with Crippen LogP contribution in [0.3, 0.4) is 0 Å². The average molecular weight is 337 g/mol. The van der Waals surface area contributed by atoms with Crippen molar-refractivity contribution in [1.29, 1.82) is 0 Å². The lowest BCUT2D eigenvalue weighted by molar-refractivity contribution is -0.131. The summed E-state index contributed by atoms with van der Waals surface area (Å²) in [4.78, 5) is 26.8. The number of carbonyl (C=O) groups excluding carboxylic acids is 2. The van der Waals surface area contributed by atoms with Gasteiger partial charge in [-0.15, -0.1) is 0 Å². The Morgan fingerprint density at radius 1 is 1.00 bits per heavy atom. The van der Waals surface area contributed by atoms with Gasteiger partial charge in [0.2, 0.25) is 5.91 Å². The highest BCUT2D eigenvalue weighted by molar-refractivity contribution is 5.95. The van der Waals surface area contributed by atoms with Gasteiger partial charge in [0.15, 0.2) is 0 Å². The molecule has 1 atom stereocenters. The molecular formula is C20H23N3O2. The van der Waals surface area contributed by atoms with E-state index in [1.54, 1.807) is 19.2 Å². The Labute approximate surface area is 148 Å². The topological polar surface area (TPSA) is 61.4 Å². The number of hydrogen-bond donors (Lipinski definition) is 2. The maximum absolute atomic E-state index is 13.0. The van der Waals surface area contributed by atoms with Crippen LogP contribution in [0.4, 0.5) is 5.69 Å². The van der Waals surface area contributed by atoms with Gasteiger partial charge < -0.3 is 15.5 Å². The summed E-state index contributed by atoms with van der Waals surface area (Å²) in [7, 11) is 1.60. The molecule has 5 nitrogen and oxygen atoms in total. The summed E-state index contributed by atoms with van der Waals surface area (Å²) < 4.78 is 0. The summed E-state index contributed by atoms with van der Waals surface area (Å²) in [5.41, 5.74) is 2.24. The third-order valence-electron chi connectivity index (χ3n) is 4.46. The molecule has 0 bridgehead atoms. The molecule has 0 aromatic heterocycles. The van der Waals surface area contributed by atoms with E-state index in [1.807, 2.05) is 47.4 Å². The first-order valence-corrected chi connectivity index (χ1v) is 8.61. The number of likely N-dealkylation sites (tertiary alicyclic amines) is 1. The quantitative estimate of drug-likeness (QED) is 0.882. The Hall–Kier alpha value is -2.82. The molecule has 2 N–H and O–H groups in total. The highest BCUT2D eigenvalue weighted by Gasteiger charge is 2.27. The predicted molar refractivity (Wildman–Crippen MR) is 98.5 cm³/mol. The van der Waals surface area contributed by atoms with E-state index in [-0.39, 0.29) is 11.8 Å². The van der Waals surface area contributed by atoms with Crippen molar-refractivity contribution >= 4 is 17.5 Å². The minimum Gasteiger partial charge on any atom is -0.370 e. The summed E-state index contributed by atoms with van der Waals surface area (Å²) in [6.45, 7) is 1.62. The standard InChI is InChI=1S/C20H23N3O2/c1-21-19(24)16-10-7-11-17(14-16)22-18(15-8-3-2-4-9-15)20(25)23-12-5-6-13-23/h2-4,7-11,14,18,22H,5-6,12-13H2,1H3,(H,21,24). The zero-order chi connectivity index (χ0) is 17.6. The number of nitrogens with one attached hydrogen (secondary N) is 2. The van der Waals surface area contributed by atoms with Crippen molar-refractivity contribution in [3.63, 3.8) is 0 Å². The van der Waals surface area contributed by atoms with Crippen molar-refractivity contribution in [3.05, 3.63) is 65.7 Å². The van der Waals surface area contributed by atoms with Gasteiger partial charge in [-0.3, -0.25) is 9.59 Å². The number of amides is 2. The van der Waals surface area contributed by atoms with Crippen LogP contribution in [0.5, 0.6) is 0 Å². The van der Waals surface area contributed by atoms with E-state index in [0.29, 0.717) is 5.56 Å². The molecule has 5 heteroatoms. The third-order valence-corrected chi connectivity index (χ3v) is 4.46. The average Bonchev–Trinajstić information content (AvgIpc) is 3.20. The largest absolute Gasteiger partial charge is 0.370 e. The fourth-order valence-electron chi connectivity index (χ4n) is 3.11. The van der Waals surface area contributed by atoms with Crippen molar-refractivity contribution in [3.8, 4) is 0 Å². The van der Waals surface area contributed by atoms with Crippen LogP contribution in [0.15, 0.2) is 54.6 Å². The van der Waals surface area contributed by atoms with Crippen LogP contribution < -0.4 is 10.6 Å². The maximum Gasteiger partial charge on any atom is 0.251 e. The Morgan fingerprint density at radius 2 is 1.72 bits per heavy atom. The van der Waals surface area contributed by atoms with Gasteiger partial charge in [0.05, 0.1) is 0 Å². The minimum absolute atomic E-state index is 0.0778. The maximum atomic E-state index is 13.0. The Kier molecular flexibility index (Phi) is 5.33. The molecule has 1 aliphatic rings. The van der Waals surface area contributed by atoms with E-state index in [9.17, 15) is 9.59 Å². The van der Waals surface area contributed by atoms with E-state index < -0.39 is 6.04 Å². The van der Waals surface area contributed by atoms with Gasteiger partial charge in [-0.05, 0) is 36.6 Å². The molecule has 25 heavy (non-hydrogen) atoms. The molecular weight excluding hydrogens is 314 g/mol. The summed E-state index contributed by atoms with van der Waals surface area (Å²) >= 11 is 0. The minimum atomic E-state index is -0.459. The van der Waals surface area contributed by atoms with Crippen molar-refractivity contribution in [2.75, 3.05) is 25.5 Å². The van der Waals surface area contributed by atoms with Gasteiger partial charge in [0.1, 0.15) is 6.04 Å². The Balaban J connectivity index is 1.87. The molecule has 0 saturated carbocycles. The fourth-order valence-corrected chi connectivity index (χ4v) is 3.11. The zero-order valence-corrected chi connectivity index (χ0v) is 14.4. The monoisotopic (exact) mass is 337 g/mol. The van der Waals surface area contributed by atoms with Gasteiger partial charge in [-0.25, -0.2) is 0 Å². The highest BCUT2D eigenvalue weighted by atomic mass is 16.2. The number of nitrogens with zero attached hydrogens (tertiary/aromatic N) is 1. The first-order chi connectivity index (χ1) is 12.2. The number of carbonyl (C=O) groups is 2. The molecule has 1 aliphatic heterocycles. The molecule has 1 saturated heterocycles. The number of anilines is 1. The molecule has 130 valence electrons. The molecule has 0 spiro atoms. The van der Waals surface area contributed by atoms with Crippen LogP contribution in [0.25, 0.3) is 0 Å². The second-order valence-electron chi connectivity index (χ2n) is 6.18. The van der Waals surface area contributed by atoms with Crippen molar-refractivity contribution < 1.29 is 9.59 Å². The lowest BCUT2D eigenvalue weighted by Crippen LogP contribution is -2.36. The second-order valence-corrected chi connectivity index (χ2v) is 6.18. The normalized spacial score (nSPS) is 14.8. The molecule has 2 aromatic carbocycles. The van der Waals surface area contributed by atoms with Gasteiger partial charge in [0, 0.05) is 31.4 Å². The van der Waals surface area contributed by atoms with E-state index in [2.05, 4.69) is 10.6 Å². The highest BCUT2D eigenvalue weighted by Crippen LogP contribution is 2.24. The smallest absolute Gasteiger partial charge is 0.251 e. The van der Waals surface area contributed by atoms with Gasteiger partial charge >= 0.3 is 0 Å². The summed E-state index contributed by atoms with van der Waals surface area (Å²) in [5.74, 6) is -0.0696. The first-order valence-electron chi connectivity index (χ1n) is 8.61. The molecule has 2 amide bonds. The van der Waals surface area contributed by atoms with Crippen LogP contribution in [0, 0.1) is 0 Å². The van der Waals surface area contributed by atoms with Crippen LogP contribution in [0.1, 0.15) is 34.8 Å². The Bertz CT molecular complexity index is 740. The molecule has 0 aliphatic carbocycles. The van der Waals surface area contributed by atoms with Crippen LogP contribution in [0.2, 0.25) is 0 Å². The van der Waals surface area contributed by atoms with Crippen molar-refractivity contribution in [2.24, 2.45) is 0 Å². The summed E-state index contributed by atoms with van der Waals surface area (Å²) in [5, 5.41) is 5.94. The van der Waals surface area contributed by atoms with Gasteiger partial charge in [-0.2, -0.15) is 0 Å². The molecule has 2 aromatic rings. The number of benzene rings is 2. The van der Waals surface area contributed by atoms with E-state index in [1.165, 1.54) is 0 Å². The van der Waals surface area contributed by atoms with E-state index in [0.717, 1.165) is 37.2 Å². The number of rotatable bonds is 5. The predicted octanol–water partition coefficient (Wildman–Crippen LogP) is 2.82. The zero-order valence-electron chi connectivity index (χ0n) is 14.4. The first kappa shape index (κ1) is 17.0. The lowest BCUT2D eigenvalue weighted by atomic mass is 10.0.